The van der Waals surface area contributed by atoms with Crippen LogP contribution in [0.1, 0.15) is 31.1 Å². The zero-order valence-electron chi connectivity index (χ0n) is 20.1. The number of halogens is 1. The quantitative estimate of drug-likeness (QED) is 0.186. The minimum absolute atomic E-state index is 0.0579. The number of nitrogens with zero attached hydrogens (tertiary/aromatic N) is 3. The van der Waals surface area contributed by atoms with Crippen LogP contribution in [-0.2, 0) is 4.79 Å². The van der Waals surface area contributed by atoms with E-state index in [0.29, 0.717) is 28.8 Å². The molecule has 9 heteroatoms. The number of aromatic nitrogens is 3. The van der Waals surface area contributed by atoms with Crippen molar-refractivity contribution < 1.29 is 14.3 Å². The summed E-state index contributed by atoms with van der Waals surface area (Å²) in [6.07, 6.45) is 0. The number of thioether (sulfide) groups is 1. The van der Waals surface area contributed by atoms with Gasteiger partial charge in [0.25, 0.3) is 0 Å². The molecule has 1 atom stereocenters. The number of benzene rings is 3. The molecule has 0 bridgehead atoms. The van der Waals surface area contributed by atoms with Gasteiger partial charge in [0.05, 0.1) is 11.9 Å². The van der Waals surface area contributed by atoms with Crippen molar-refractivity contribution in [2.24, 2.45) is 0 Å². The Hall–Kier alpha value is -3.43. The summed E-state index contributed by atoms with van der Waals surface area (Å²) in [6, 6.07) is 22.4. The molecule has 0 fully saturated rings. The molecule has 0 saturated carbocycles. The van der Waals surface area contributed by atoms with Crippen LogP contribution in [0, 0.1) is 0 Å². The van der Waals surface area contributed by atoms with Crippen molar-refractivity contribution in [3.8, 4) is 22.8 Å². The topological polar surface area (TPSA) is 86.1 Å². The maximum atomic E-state index is 13.0. The molecule has 0 aliphatic heterocycles. The molecule has 36 heavy (non-hydrogen) atoms. The second-order valence-electron chi connectivity index (χ2n) is 7.96. The summed E-state index contributed by atoms with van der Waals surface area (Å²) in [7, 11) is 0. The third-order valence-corrected chi connectivity index (χ3v) is 6.90. The molecule has 0 radical (unpaired) electrons. The van der Waals surface area contributed by atoms with Crippen molar-refractivity contribution >= 4 is 45.1 Å². The minimum atomic E-state index is -0.477. The van der Waals surface area contributed by atoms with Crippen molar-refractivity contribution in [2.75, 3.05) is 11.9 Å². The van der Waals surface area contributed by atoms with E-state index >= 15 is 0 Å². The molecule has 0 aliphatic carbocycles. The van der Waals surface area contributed by atoms with Crippen LogP contribution >= 0.6 is 27.7 Å². The first-order valence-corrected chi connectivity index (χ1v) is 13.1. The number of nitrogens with one attached hydrogen (secondary N) is 1. The van der Waals surface area contributed by atoms with Crippen molar-refractivity contribution in [3.63, 3.8) is 0 Å². The Bertz CT molecular complexity index is 1370. The number of ketones is 1. The number of ether oxygens (including phenoxy) is 1. The van der Waals surface area contributed by atoms with E-state index in [1.807, 2.05) is 66.9 Å². The van der Waals surface area contributed by atoms with E-state index < -0.39 is 5.25 Å². The summed E-state index contributed by atoms with van der Waals surface area (Å²) in [5.41, 5.74) is 2.86. The monoisotopic (exact) mass is 564 g/mol. The molecule has 0 unspecified atom stereocenters. The highest BCUT2D eigenvalue weighted by atomic mass is 79.9. The Balaban J connectivity index is 1.63. The van der Waals surface area contributed by atoms with Gasteiger partial charge in [0.15, 0.2) is 16.8 Å². The summed E-state index contributed by atoms with van der Waals surface area (Å²) in [4.78, 5) is 24.7. The van der Waals surface area contributed by atoms with Crippen LogP contribution in [-0.4, -0.2) is 38.3 Å². The largest absolute Gasteiger partial charge is 0.494 e. The zero-order chi connectivity index (χ0) is 25.7. The fourth-order valence-corrected chi connectivity index (χ4v) is 4.63. The summed E-state index contributed by atoms with van der Waals surface area (Å²) in [5, 5.41) is 11.9. The number of carbonyl (C=O) groups excluding carboxylic acids is 2. The van der Waals surface area contributed by atoms with Crippen LogP contribution in [0.4, 0.5) is 5.69 Å². The van der Waals surface area contributed by atoms with Crippen LogP contribution in [0.2, 0.25) is 0 Å². The van der Waals surface area contributed by atoms with E-state index in [1.54, 1.807) is 24.3 Å². The van der Waals surface area contributed by atoms with Gasteiger partial charge in [0, 0.05) is 27.0 Å². The van der Waals surface area contributed by atoms with Gasteiger partial charge in [-0.15, -0.1) is 10.2 Å². The molecule has 0 saturated heterocycles. The summed E-state index contributed by atoms with van der Waals surface area (Å²) in [6.45, 7) is 5.83. The zero-order valence-corrected chi connectivity index (χ0v) is 22.5. The molecule has 4 aromatic rings. The lowest BCUT2D eigenvalue weighted by molar-refractivity contribution is -0.115. The molecule has 4 rings (SSSR count). The summed E-state index contributed by atoms with van der Waals surface area (Å²) < 4.78 is 8.49. The lowest BCUT2D eigenvalue weighted by Crippen LogP contribution is -2.23. The number of Topliss-reactive ketones (excluding diaryl/α,β-unsaturated/α-hetero) is 1. The van der Waals surface area contributed by atoms with E-state index in [1.165, 1.54) is 18.7 Å². The molecule has 1 amide bonds. The molecule has 7 nitrogen and oxygen atoms in total. The lowest BCUT2D eigenvalue weighted by atomic mass is 10.1. The lowest BCUT2D eigenvalue weighted by Gasteiger charge is -2.15. The van der Waals surface area contributed by atoms with Crippen molar-refractivity contribution in [2.45, 2.75) is 31.2 Å². The van der Waals surface area contributed by atoms with E-state index in [0.717, 1.165) is 21.5 Å². The molecule has 184 valence electrons. The summed E-state index contributed by atoms with van der Waals surface area (Å²) in [5.74, 6) is 1.18. The molecule has 0 aliphatic rings. The van der Waals surface area contributed by atoms with Gasteiger partial charge in [-0.05, 0) is 69.3 Å². The normalized spacial score (nSPS) is 11.7. The third-order valence-electron chi connectivity index (χ3n) is 5.33. The predicted molar refractivity (Wildman–Crippen MR) is 146 cm³/mol. The number of rotatable bonds is 9. The summed E-state index contributed by atoms with van der Waals surface area (Å²) >= 11 is 4.78. The fourth-order valence-electron chi connectivity index (χ4n) is 3.49. The minimum Gasteiger partial charge on any atom is -0.494 e. The van der Waals surface area contributed by atoms with Crippen LogP contribution in [0.25, 0.3) is 17.1 Å². The SMILES string of the molecule is CCOc1ccc(-n2c(S[C@@H](C)C(=O)Nc3cccc(C(C)=O)c3)nnc2-c2ccc(Br)cc2)cc1. The highest BCUT2D eigenvalue weighted by Crippen LogP contribution is 2.32. The molecular weight excluding hydrogens is 540 g/mol. The number of hydrogen-bond acceptors (Lipinski definition) is 6. The smallest absolute Gasteiger partial charge is 0.237 e. The molecule has 1 N–H and O–H groups in total. The average molecular weight is 565 g/mol. The van der Waals surface area contributed by atoms with Gasteiger partial charge in [-0.2, -0.15) is 0 Å². The van der Waals surface area contributed by atoms with Crippen LogP contribution in [0.15, 0.2) is 82.4 Å². The van der Waals surface area contributed by atoms with Gasteiger partial charge in [-0.3, -0.25) is 14.2 Å². The molecule has 1 aromatic heterocycles. The predicted octanol–water partition coefficient (Wildman–Crippen LogP) is 6.42. The second-order valence-corrected chi connectivity index (χ2v) is 10.2. The second kappa shape index (κ2) is 11.5. The van der Waals surface area contributed by atoms with E-state index in [4.69, 9.17) is 4.74 Å². The standard InChI is InChI=1S/C27H25BrN4O3S/c1-4-35-24-14-12-23(13-15-24)32-25(19-8-10-21(28)11-9-19)30-31-27(32)36-18(3)26(34)29-22-7-5-6-20(16-22)17(2)33/h5-16,18H,4H2,1-3H3,(H,29,34)/t18-/m0/s1. The fraction of sp³-hybridized carbons (Fsp3) is 0.185. The maximum absolute atomic E-state index is 13.0. The highest BCUT2D eigenvalue weighted by Gasteiger charge is 2.22. The first-order valence-electron chi connectivity index (χ1n) is 11.4. The number of amides is 1. The van der Waals surface area contributed by atoms with Crippen molar-refractivity contribution in [1.29, 1.82) is 0 Å². The number of hydrogen-bond donors (Lipinski definition) is 1. The molecular formula is C27H25BrN4O3S. The highest BCUT2D eigenvalue weighted by molar-refractivity contribution is 9.10. The van der Waals surface area contributed by atoms with Gasteiger partial charge >= 0.3 is 0 Å². The maximum Gasteiger partial charge on any atom is 0.237 e. The van der Waals surface area contributed by atoms with Gasteiger partial charge < -0.3 is 10.1 Å². The molecule has 1 heterocycles. The van der Waals surface area contributed by atoms with E-state index in [2.05, 4.69) is 31.4 Å². The van der Waals surface area contributed by atoms with Crippen molar-refractivity contribution in [3.05, 3.63) is 82.8 Å². The van der Waals surface area contributed by atoms with Gasteiger partial charge in [0.1, 0.15) is 5.75 Å². The van der Waals surface area contributed by atoms with Crippen molar-refractivity contribution in [1.82, 2.24) is 14.8 Å². The van der Waals surface area contributed by atoms with Gasteiger partial charge in [-0.25, -0.2) is 0 Å². The van der Waals surface area contributed by atoms with E-state index in [-0.39, 0.29) is 11.7 Å². The Kier molecular flexibility index (Phi) is 8.22. The van der Waals surface area contributed by atoms with Gasteiger partial charge in [0.2, 0.25) is 5.91 Å². The Morgan fingerprint density at radius 3 is 2.44 bits per heavy atom. The molecule has 0 spiro atoms. The Morgan fingerprint density at radius 1 is 1.06 bits per heavy atom. The van der Waals surface area contributed by atoms with Crippen LogP contribution in [0.5, 0.6) is 5.75 Å². The number of carbonyl (C=O) groups is 2. The average Bonchev–Trinajstić information content (AvgIpc) is 3.28. The first-order chi connectivity index (χ1) is 17.4. The third kappa shape index (κ3) is 6.03. The molecule has 3 aromatic carbocycles. The van der Waals surface area contributed by atoms with Crippen LogP contribution < -0.4 is 10.1 Å². The van der Waals surface area contributed by atoms with Gasteiger partial charge in [-0.1, -0.05) is 52.0 Å². The van der Waals surface area contributed by atoms with E-state index in [9.17, 15) is 9.59 Å². The van der Waals surface area contributed by atoms with Crippen LogP contribution in [0.3, 0.4) is 0 Å². The Morgan fingerprint density at radius 2 is 1.78 bits per heavy atom. The first kappa shape index (κ1) is 25.7. The Labute approximate surface area is 222 Å². The number of anilines is 1.